The molecule has 1 atom stereocenters. The van der Waals surface area contributed by atoms with Crippen molar-refractivity contribution in [1.82, 2.24) is 15.2 Å². The van der Waals surface area contributed by atoms with Crippen LogP contribution in [0.2, 0.25) is 0 Å². The lowest BCUT2D eigenvalue weighted by molar-refractivity contribution is -0.119. The van der Waals surface area contributed by atoms with Gasteiger partial charge in [0.25, 0.3) is 0 Å². The van der Waals surface area contributed by atoms with Crippen LogP contribution in [0.4, 0.5) is 0 Å². The van der Waals surface area contributed by atoms with Crippen LogP contribution < -0.4 is 11.1 Å². The Bertz CT molecular complexity index is 798. The summed E-state index contributed by atoms with van der Waals surface area (Å²) in [5.41, 5.74) is 6.44. The second-order valence-corrected chi connectivity index (χ2v) is 9.10. The number of nitrogens with zero attached hydrogens (tertiary/aromatic N) is 3. The second-order valence-electron chi connectivity index (χ2n) is 6.87. The molecule has 1 amide bonds. The topological polar surface area (TPSA) is 83.6 Å². The van der Waals surface area contributed by atoms with Crippen LogP contribution in [0.25, 0.3) is 10.6 Å². The van der Waals surface area contributed by atoms with Gasteiger partial charge < -0.3 is 16.0 Å². The van der Waals surface area contributed by atoms with Gasteiger partial charge in [-0.1, -0.05) is 0 Å². The third-order valence-corrected chi connectivity index (χ3v) is 6.65. The van der Waals surface area contributed by atoms with Gasteiger partial charge in [0.05, 0.1) is 15.6 Å². The van der Waals surface area contributed by atoms with Gasteiger partial charge in [-0.2, -0.15) is 0 Å². The number of rotatable bonds is 6. The summed E-state index contributed by atoms with van der Waals surface area (Å²) >= 11 is 3.49. The van der Waals surface area contributed by atoms with E-state index in [9.17, 15) is 4.79 Å². The van der Waals surface area contributed by atoms with Crippen LogP contribution in [-0.4, -0.2) is 48.4 Å². The first-order valence-electron chi connectivity index (χ1n) is 9.30. The summed E-state index contributed by atoms with van der Waals surface area (Å²) in [7, 11) is 1.81. The largest absolute Gasteiger partial charge is 0.370 e. The van der Waals surface area contributed by atoms with E-state index in [4.69, 9.17) is 5.73 Å². The molecule has 0 spiro atoms. The number of nitrogens with two attached hydrogens (primary N) is 1. The van der Waals surface area contributed by atoms with E-state index in [1.807, 2.05) is 14.0 Å². The lowest BCUT2D eigenvalue weighted by atomic mass is 9.95. The minimum Gasteiger partial charge on any atom is -0.370 e. The van der Waals surface area contributed by atoms with Crippen LogP contribution >= 0.6 is 22.7 Å². The highest BCUT2D eigenvalue weighted by molar-refractivity contribution is 7.16. The number of aliphatic imine (C=N–C) groups is 1. The Hall–Kier alpha value is -1.93. The molecule has 0 aromatic carbocycles. The number of likely N-dealkylation sites (tertiary alicyclic amines) is 1. The van der Waals surface area contributed by atoms with Gasteiger partial charge in [-0.15, -0.1) is 22.7 Å². The fourth-order valence-corrected chi connectivity index (χ4v) is 5.12. The van der Waals surface area contributed by atoms with Crippen LogP contribution in [-0.2, 0) is 11.2 Å². The Morgan fingerprint density at radius 2 is 2.33 bits per heavy atom. The highest BCUT2D eigenvalue weighted by atomic mass is 32.1. The first kappa shape index (κ1) is 19.8. The smallest absolute Gasteiger partial charge is 0.217 e. The zero-order chi connectivity index (χ0) is 19.2. The van der Waals surface area contributed by atoms with E-state index in [2.05, 4.69) is 37.7 Å². The summed E-state index contributed by atoms with van der Waals surface area (Å²) < 4.78 is 0. The van der Waals surface area contributed by atoms with Gasteiger partial charge in [0, 0.05) is 43.4 Å². The zero-order valence-corrected chi connectivity index (χ0v) is 17.5. The quantitative estimate of drug-likeness (QED) is 0.572. The Balaban J connectivity index is 1.50. The van der Waals surface area contributed by atoms with Gasteiger partial charge in [0.2, 0.25) is 5.91 Å². The normalized spacial score (nSPS) is 17.9. The molecule has 27 heavy (non-hydrogen) atoms. The highest BCUT2D eigenvalue weighted by Gasteiger charge is 2.23. The Labute approximate surface area is 168 Å². The molecule has 8 heteroatoms. The molecule has 1 aliphatic rings. The van der Waals surface area contributed by atoms with Crippen molar-refractivity contribution in [3.05, 3.63) is 27.4 Å². The molecule has 0 aliphatic carbocycles. The molecule has 6 nitrogen and oxygen atoms in total. The molecule has 1 fully saturated rings. The number of thiazole rings is 1. The summed E-state index contributed by atoms with van der Waals surface area (Å²) in [5.74, 6) is 1.03. The molecule has 0 bridgehead atoms. The van der Waals surface area contributed by atoms with E-state index < -0.39 is 0 Å². The number of aromatic nitrogens is 1. The number of piperidine rings is 1. The summed E-state index contributed by atoms with van der Waals surface area (Å²) in [6, 6.07) is 4.34. The number of thiophene rings is 1. The molecule has 2 aromatic rings. The van der Waals surface area contributed by atoms with Gasteiger partial charge in [0.15, 0.2) is 5.96 Å². The molecule has 2 aromatic heterocycles. The molecular formula is C19H27N5OS2. The average molecular weight is 406 g/mol. The number of carbonyl (C=O) groups excluding carboxylic acids is 1. The third-order valence-electron chi connectivity index (χ3n) is 4.71. The summed E-state index contributed by atoms with van der Waals surface area (Å²) in [4.78, 5) is 25.0. The van der Waals surface area contributed by atoms with E-state index in [-0.39, 0.29) is 5.91 Å². The summed E-state index contributed by atoms with van der Waals surface area (Å²) in [6.45, 7) is 4.68. The van der Waals surface area contributed by atoms with E-state index in [1.165, 1.54) is 9.75 Å². The van der Waals surface area contributed by atoms with Gasteiger partial charge in [0.1, 0.15) is 0 Å². The third kappa shape index (κ3) is 5.52. The minimum atomic E-state index is -0.214. The molecular weight excluding hydrogens is 378 g/mol. The number of primary amides is 1. The molecule has 0 saturated carbocycles. The summed E-state index contributed by atoms with van der Waals surface area (Å²) in [6.07, 6.45) is 3.54. The standard InChI is InChI=1S/C19H27N5OS2/c1-13-23-16(12-26-13)17-6-5-15(27-17)7-8-22-19(21-2)24-9-3-4-14(11-24)10-18(20)25/h5-6,12,14H,3-4,7-11H2,1-2H3,(H2,20,25)(H,21,22). The molecule has 0 radical (unpaired) electrons. The maximum absolute atomic E-state index is 11.2. The summed E-state index contributed by atoms with van der Waals surface area (Å²) in [5, 5.41) is 6.68. The number of hydrogen-bond acceptors (Lipinski definition) is 5. The van der Waals surface area contributed by atoms with Crippen molar-refractivity contribution in [1.29, 1.82) is 0 Å². The van der Waals surface area contributed by atoms with Gasteiger partial charge in [-0.05, 0) is 44.2 Å². The average Bonchev–Trinajstić information content (AvgIpc) is 3.27. The first-order valence-corrected chi connectivity index (χ1v) is 11.0. The monoisotopic (exact) mass is 405 g/mol. The second kappa shape index (κ2) is 9.32. The Morgan fingerprint density at radius 3 is 3.04 bits per heavy atom. The van der Waals surface area contributed by atoms with E-state index in [0.29, 0.717) is 12.3 Å². The molecule has 3 heterocycles. The SMILES string of the molecule is CN=C(NCCc1ccc(-c2csc(C)n2)s1)N1CCCC(CC(N)=O)C1. The fourth-order valence-electron chi connectivity index (χ4n) is 3.46. The van der Waals surface area contributed by atoms with Crippen molar-refractivity contribution in [3.63, 3.8) is 0 Å². The van der Waals surface area contributed by atoms with Crippen molar-refractivity contribution in [2.75, 3.05) is 26.7 Å². The molecule has 146 valence electrons. The van der Waals surface area contributed by atoms with Crippen molar-refractivity contribution in [3.8, 4) is 10.6 Å². The number of carbonyl (C=O) groups is 1. The number of nitrogens with one attached hydrogen (secondary N) is 1. The lowest BCUT2D eigenvalue weighted by Crippen LogP contribution is -2.47. The molecule has 3 rings (SSSR count). The van der Waals surface area contributed by atoms with Crippen LogP contribution in [0.15, 0.2) is 22.5 Å². The minimum absolute atomic E-state index is 0.214. The van der Waals surface area contributed by atoms with E-state index in [0.717, 1.165) is 55.6 Å². The van der Waals surface area contributed by atoms with Crippen molar-refractivity contribution < 1.29 is 4.79 Å². The van der Waals surface area contributed by atoms with Crippen LogP contribution in [0.3, 0.4) is 0 Å². The maximum atomic E-state index is 11.2. The van der Waals surface area contributed by atoms with Crippen molar-refractivity contribution in [2.24, 2.45) is 16.6 Å². The molecule has 1 unspecified atom stereocenters. The predicted molar refractivity (Wildman–Crippen MR) is 113 cm³/mol. The molecule has 1 aliphatic heterocycles. The molecule has 1 saturated heterocycles. The van der Waals surface area contributed by atoms with E-state index in [1.54, 1.807) is 22.7 Å². The van der Waals surface area contributed by atoms with Gasteiger partial charge >= 0.3 is 0 Å². The number of guanidine groups is 1. The Morgan fingerprint density at radius 1 is 1.48 bits per heavy atom. The van der Waals surface area contributed by atoms with Crippen molar-refractivity contribution >= 4 is 34.5 Å². The number of aryl methyl sites for hydroxylation is 1. The van der Waals surface area contributed by atoms with Gasteiger partial charge in [-0.25, -0.2) is 4.98 Å². The van der Waals surface area contributed by atoms with Crippen LogP contribution in [0.1, 0.15) is 29.1 Å². The zero-order valence-electron chi connectivity index (χ0n) is 15.9. The van der Waals surface area contributed by atoms with E-state index >= 15 is 0 Å². The van der Waals surface area contributed by atoms with Crippen LogP contribution in [0, 0.1) is 12.8 Å². The fraction of sp³-hybridized carbons (Fsp3) is 0.526. The number of amides is 1. The van der Waals surface area contributed by atoms with Gasteiger partial charge in [-0.3, -0.25) is 9.79 Å². The highest BCUT2D eigenvalue weighted by Crippen LogP contribution is 2.29. The maximum Gasteiger partial charge on any atom is 0.217 e. The Kier molecular flexibility index (Phi) is 6.84. The number of hydrogen-bond donors (Lipinski definition) is 2. The lowest BCUT2D eigenvalue weighted by Gasteiger charge is -2.34. The first-order chi connectivity index (χ1) is 13.0. The van der Waals surface area contributed by atoms with Crippen LogP contribution in [0.5, 0.6) is 0 Å². The van der Waals surface area contributed by atoms with Crippen molar-refractivity contribution in [2.45, 2.75) is 32.6 Å². The molecule has 3 N–H and O–H groups in total. The predicted octanol–water partition coefficient (Wildman–Crippen LogP) is 2.89.